The van der Waals surface area contributed by atoms with Crippen LogP contribution in [0, 0.1) is 0 Å². The number of rotatable bonds is 1. The standard InChI is InChI=1S/C2H8N2O3S.C2H4.Na/c1-2(3,4)8(5,6)7;1-2;/h3-4H2,1H3,(H,5,6,7);1-2H2;. The van der Waals surface area contributed by atoms with Crippen LogP contribution in [0.5, 0.6) is 0 Å². The van der Waals surface area contributed by atoms with E-state index in [-0.39, 0.29) is 29.6 Å². The summed E-state index contributed by atoms with van der Waals surface area (Å²) < 4.78 is 28.0. The van der Waals surface area contributed by atoms with E-state index in [0.717, 1.165) is 6.92 Å². The van der Waals surface area contributed by atoms with Crippen LogP contribution in [0.2, 0.25) is 0 Å². The Kier molecular flexibility index (Phi) is 9.80. The minimum atomic E-state index is -4.28. The molecule has 0 saturated carbocycles. The third-order valence-corrected chi connectivity index (χ3v) is 1.67. The van der Waals surface area contributed by atoms with Crippen molar-refractivity contribution in [2.24, 2.45) is 11.5 Å². The minimum Gasteiger partial charge on any atom is -0.299 e. The van der Waals surface area contributed by atoms with Gasteiger partial charge in [-0.15, -0.1) is 13.2 Å². The van der Waals surface area contributed by atoms with Crippen molar-refractivity contribution in [2.75, 3.05) is 0 Å². The summed E-state index contributed by atoms with van der Waals surface area (Å²) >= 11 is 0. The van der Waals surface area contributed by atoms with Crippen molar-refractivity contribution in [1.82, 2.24) is 0 Å². The van der Waals surface area contributed by atoms with Gasteiger partial charge >= 0.3 is 0 Å². The molecule has 0 atom stereocenters. The van der Waals surface area contributed by atoms with E-state index in [1.165, 1.54) is 0 Å². The Morgan fingerprint density at radius 1 is 1.36 bits per heavy atom. The van der Waals surface area contributed by atoms with Gasteiger partial charge < -0.3 is 0 Å². The van der Waals surface area contributed by atoms with Crippen LogP contribution >= 0.6 is 0 Å². The summed E-state index contributed by atoms with van der Waals surface area (Å²) in [6.07, 6.45) is 0. The summed E-state index contributed by atoms with van der Waals surface area (Å²) in [6, 6.07) is 0. The largest absolute Gasteiger partial charge is 0.299 e. The molecule has 0 unspecified atom stereocenters. The van der Waals surface area contributed by atoms with E-state index in [2.05, 4.69) is 13.2 Å². The molecule has 0 saturated heterocycles. The third kappa shape index (κ3) is 8.48. The van der Waals surface area contributed by atoms with Crippen molar-refractivity contribution in [3.05, 3.63) is 13.2 Å². The van der Waals surface area contributed by atoms with Crippen LogP contribution in [0.15, 0.2) is 13.2 Å². The van der Waals surface area contributed by atoms with E-state index in [1.54, 1.807) is 0 Å². The van der Waals surface area contributed by atoms with Gasteiger partial charge in [0.15, 0.2) is 4.99 Å². The quantitative estimate of drug-likeness (QED) is 0.211. The zero-order valence-corrected chi connectivity index (χ0v) is 9.56. The summed E-state index contributed by atoms with van der Waals surface area (Å²) in [6.45, 7) is 6.99. The van der Waals surface area contributed by atoms with Crippen molar-refractivity contribution in [3.63, 3.8) is 0 Å². The topological polar surface area (TPSA) is 106 Å². The number of nitrogens with two attached hydrogens (primary N) is 2. The Labute approximate surface area is 88.9 Å². The molecule has 0 fully saturated rings. The van der Waals surface area contributed by atoms with Crippen LogP contribution in [0.1, 0.15) is 6.92 Å². The normalized spacial score (nSPS) is 10.5. The molecule has 0 aromatic heterocycles. The second-order valence-corrected chi connectivity index (χ2v) is 3.49. The first-order valence-corrected chi connectivity index (χ1v) is 3.74. The monoisotopic (exact) mass is 191 g/mol. The maximum atomic E-state index is 9.96. The first kappa shape index (κ1) is 17.6. The Hall–Kier alpha value is 0.570. The van der Waals surface area contributed by atoms with Crippen molar-refractivity contribution in [2.45, 2.75) is 11.9 Å². The average Bonchev–Trinajstić information content (AvgIpc) is 1.66. The van der Waals surface area contributed by atoms with Gasteiger partial charge in [-0.1, -0.05) is 0 Å². The van der Waals surface area contributed by atoms with Gasteiger partial charge in [0.25, 0.3) is 10.1 Å². The van der Waals surface area contributed by atoms with E-state index < -0.39 is 15.1 Å². The second-order valence-electron chi connectivity index (χ2n) is 1.66. The molecule has 11 heavy (non-hydrogen) atoms. The fraction of sp³-hybridized carbons (Fsp3) is 0.500. The van der Waals surface area contributed by atoms with E-state index in [1.807, 2.05) is 0 Å². The second kappa shape index (κ2) is 6.13. The van der Waals surface area contributed by atoms with Crippen LogP contribution in [0.4, 0.5) is 0 Å². The molecule has 0 aliphatic carbocycles. The molecule has 0 amide bonds. The van der Waals surface area contributed by atoms with Crippen LogP contribution < -0.4 is 11.5 Å². The first-order chi connectivity index (χ1) is 4.25. The van der Waals surface area contributed by atoms with Crippen LogP contribution in [-0.4, -0.2) is 47.5 Å². The molecular formula is C4H12N2NaO3S. The van der Waals surface area contributed by atoms with Gasteiger partial charge in [0, 0.05) is 29.6 Å². The van der Waals surface area contributed by atoms with Crippen molar-refractivity contribution >= 4 is 39.7 Å². The molecule has 0 aliphatic heterocycles. The minimum absolute atomic E-state index is 0. The molecule has 0 rings (SSSR count). The molecule has 1 radical (unpaired) electrons. The Balaban J connectivity index is -0.000000196. The van der Waals surface area contributed by atoms with Gasteiger partial charge in [-0.05, 0) is 6.92 Å². The zero-order valence-electron chi connectivity index (χ0n) is 6.74. The molecule has 7 heteroatoms. The predicted molar refractivity (Wildman–Crippen MR) is 45.3 cm³/mol. The third-order valence-electron chi connectivity index (χ3n) is 0.556. The average molecular weight is 191 g/mol. The molecule has 5 nitrogen and oxygen atoms in total. The van der Waals surface area contributed by atoms with Crippen LogP contribution in [0.3, 0.4) is 0 Å². The van der Waals surface area contributed by atoms with Gasteiger partial charge in [-0.3, -0.25) is 16.0 Å². The fourth-order valence-electron chi connectivity index (χ4n) is 0. The van der Waals surface area contributed by atoms with Crippen molar-refractivity contribution in [3.8, 4) is 0 Å². The molecule has 63 valence electrons. The zero-order chi connectivity index (χ0) is 9.00. The molecule has 0 bridgehead atoms. The summed E-state index contributed by atoms with van der Waals surface area (Å²) in [5, 5.41) is 0. The molecule has 5 N–H and O–H groups in total. The maximum Gasteiger partial charge on any atom is 0.297 e. The van der Waals surface area contributed by atoms with E-state index in [0.29, 0.717) is 0 Å². The Bertz CT molecular complexity index is 184. The first-order valence-electron chi connectivity index (χ1n) is 2.30. The smallest absolute Gasteiger partial charge is 0.297 e. The molecule has 0 aromatic rings. The maximum absolute atomic E-state index is 9.96. The van der Waals surface area contributed by atoms with E-state index in [4.69, 9.17) is 16.0 Å². The van der Waals surface area contributed by atoms with Gasteiger partial charge in [-0.2, -0.15) is 8.42 Å². The Morgan fingerprint density at radius 2 is 1.45 bits per heavy atom. The summed E-state index contributed by atoms with van der Waals surface area (Å²) in [5.74, 6) is 0. The van der Waals surface area contributed by atoms with Crippen molar-refractivity contribution < 1.29 is 13.0 Å². The molecule has 0 aliphatic rings. The van der Waals surface area contributed by atoms with Crippen LogP contribution in [0.25, 0.3) is 0 Å². The molecule has 0 aromatic carbocycles. The molecule has 0 heterocycles. The van der Waals surface area contributed by atoms with Gasteiger partial charge in [0.2, 0.25) is 0 Å². The van der Waals surface area contributed by atoms with Gasteiger partial charge in [-0.25, -0.2) is 0 Å². The number of hydrogen-bond acceptors (Lipinski definition) is 4. The SMILES string of the molecule is C=C.CC(N)(N)S(=O)(=O)O.[Na]. The van der Waals surface area contributed by atoms with Crippen LogP contribution in [-0.2, 0) is 10.1 Å². The van der Waals surface area contributed by atoms with Gasteiger partial charge in [0.1, 0.15) is 0 Å². The summed E-state index contributed by atoms with van der Waals surface area (Å²) in [7, 11) is -4.28. The van der Waals surface area contributed by atoms with E-state index >= 15 is 0 Å². The fourth-order valence-corrected chi connectivity index (χ4v) is 0. The molecule has 0 spiro atoms. The van der Waals surface area contributed by atoms with Crippen molar-refractivity contribution in [1.29, 1.82) is 0 Å². The summed E-state index contributed by atoms with van der Waals surface area (Å²) in [4.78, 5) is -2.03. The predicted octanol–water partition coefficient (Wildman–Crippen LogP) is -1.11. The summed E-state index contributed by atoms with van der Waals surface area (Å²) in [5.41, 5.74) is 9.50. The Morgan fingerprint density at radius 3 is 1.45 bits per heavy atom. The van der Waals surface area contributed by atoms with Gasteiger partial charge in [0.05, 0.1) is 0 Å². The molecular weight excluding hydrogens is 179 g/mol. The number of hydrogen-bond donors (Lipinski definition) is 3. The van der Waals surface area contributed by atoms with E-state index in [9.17, 15) is 8.42 Å².